The van der Waals surface area contributed by atoms with Crippen molar-refractivity contribution in [2.45, 2.75) is 10.9 Å². The third-order valence-corrected chi connectivity index (χ3v) is 5.76. The Balaban J connectivity index is 1.79. The fourth-order valence-electron chi connectivity index (χ4n) is 1.94. The SMILES string of the molecule is CSc1nc2ccc(NCc3ccccc3Br)cc2s1. The lowest BCUT2D eigenvalue weighted by molar-refractivity contribution is 1.14. The molecule has 2 nitrogen and oxygen atoms in total. The quantitative estimate of drug-likeness (QED) is 0.627. The van der Waals surface area contributed by atoms with E-state index in [1.807, 2.05) is 6.07 Å². The predicted octanol–water partition coefficient (Wildman–Crippen LogP) is 5.39. The van der Waals surface area contributed by atoms with Gasteiger partial charge in [0.15, 0.2) is 4.34 Å². The van der Waals surface area contributed by atoms with Gasteiger partial charge >= 0.3 is 0 Å². The van der Waals surface area contributed by atoms with Crippen LogP contribution in [0.25, 0.3) is 10.2 Å². The fourth-order valence-corrected chi connectivity index (χ4v) is 3.89. The summed E-state index contributed by atoms with van der Waals surface area (Å²) in [5.74, 6) is 0. The lowest BCUT2D eigenvalue weighted by atomic mass is 10.2. The van der Waals surface area contributed by atoms with E-state index in [4.69, 9.17) is 0 Å². The highest BCUT2D eigenvalue weighted by molar-refractivity contribution is 9.10. The average Bonchev–Trinajstić information content (AvgIpc) is 2.88. The van der Waals surface area contributed by atoms with Gasteiger partial charge in [0.2, 0.25) is 0 Å². The van der Waals surface area contributed by atoms with E-state index in [2.05, 4.69) is 68.9 Å². The largest absolute Gasteiger partial charge is 0.381 e. The van der Waals surface area contributed by atoms with Gasteiger partial charge in [0, 0.05) is 16.7 Å². The van der Waals surface area contributed by atoms with Gasteiger partial charge in [-0.2, -0.15) is 0 Å². The van der Waals surface area contributed by atoms with Crippen LogP contribution in [-0.4, -0.2) is 11.2 Å². The first kappa shape index (κ1) is 13.9. The highest BCUT2D eigenvalue weighted by Gasteiger charge is 2.04. The van der Waals surface area contributed by atoms with Crippen LogP contribution < -0.4 is 5.32 Å². The molecule has 0 atom stereocenters. The van der Waals surface area contributed by atoms with E-state index in [0.29, 0.717) is 0 Å². The van der Waals surface area contributed by atoms with E-state index in [0.717, 1.165) is 26.6 Å². The Morgan fingerprint density at radius 2 is 2.10 bits per heavy atom. The van der Waals surface area contributed by atoms with Gasteiger partial charge in [0.1, 0.15) is 0 Å². The van der Waals surface area contributed by atoms with Gasteiger partial charge in [-0.1, -0.05) is 45.9 Å². The van der Waals surface area contributed by atoms with E-state index >= 15 is 0 Å². The average molecular weight is 365 g/mol. The Morgan fingerprint density at radius 3 is 2.90 bits per heavy atom. The van der Waals surface area contributed by atoms with E-state index in [-0.39, 0.29) is 0 Å². The summed E-state index contributed by atoms with van der Waals surface area (Å²) in [6, 6.07) is 14.6. The summed E-state index contributed by atoms with van der Waals surface area (Å²) in [5, 5.41) is 3.46. The molecule has 0 unspecified atom stereocenters. The molecule has 0 aliphatic rings. The minimum atomic E-state index is 0.807. The molecule has 1 heterocycles. The second kappa shape index (κ2) is 6.16. The molecule has 0 bridgehead atoms. The van der Waals surface area contributed by atoms with Crippen molar-refractivity contribution >= 4 is 54.9 Å². The van der Waals surface area contributed by atoms with Crippen LogP contribution in [0, 0.1) is 0 Å². The van der Waals surface area contributed by atoms with Gasteiger partial charge in [-0.25, -0.2) is 4.98 Å². The Hall–Kier alpha value is -1.04. The first-order valence-electron chi connectivity index (χ1n) is 6.18. The number of benzene rings is 2. The highest BCUT2D eigenvalue weighted by atomic mass is 79.9. The van der Waals surface area contributed by atoms with Crippen molar-refractivity contribution in [3.8, 4) is 0 Å². The van der Waals surface area contributed by atoms with Crippen LogP contribution in [0.2, 0.25) is 0 Å². The summed E-state index contributed by atoms with van der Waals surface area (Å²) < 4.78 is 3.48. The number of nitrogens with one attached hydrogen (secondary N) is 1. The molecule has 3 aromatic rings. The van der Waals surface area contributed by atoms with Gasteiger partial charge in [-0.05, 0) is 36.1 Å². The molecule has 5 heteroatoms. The van der Waals surface area contributed by atoms with Crippen LogP contribution in [0.3, 0.4) is 0 Å². The first-order valence-corrected chi connectivity index (χ1v) is 9.01. The molecule has 2 aromatic carbocycles. The first-order chi connectivity index (χ1) is 9.76. The van der Waals surface area contributed by atoms with E-state index in [1.165, 1.54) is 10.3 Å². The number of fused-ring (bicyclic) bond motifs is 1. The maximum absolute atomic E-state index is 4.55. The molecular formula is C15H13BrN2S2. The Bertz CT molecular complexity index is 740. The van der Waals surface area contributed by atoms with E-state index in [1.54, 1.807) is 23.1 Å². The van der Waals surface area contributed by atoms with Gasteiger partial charge < -0.3 is 5.32 Å². The predicted molar refractivity (Wildman–Crippen MR) is 92.9 cm³/mol. The Morgan fingerprint density at radius 1 is 1.25 bits per heavy atom. The van der Waals surface area contributed by atoms with Crippen molar-refractivity contribution in [3.63, 3.8) is 0 Å². The standard InChI is InChI=1S/C15H13BrN2S2/c1-19-15-18-13-7-6-11(8-14(13)20-15)17-9-10-4-2-3-5-12(10)16/h2-8,17H,9H2,1H3. The van der Waals surface area contributed by atoms with Gasteiger partial charge in [-0.15, -0.1) is 11.3 Å². The van der Waals surface area contributed by atoms with Crippen molar-refractivity contribution in [3.05, 3.63) is 52.5 Å². The summed E-state index contributed by atoms with van der Waals surface area (Å²) in [5.41, 5.74) is 3.46. The number of aromatic nitrogens is 1. The van der Waals surface area contributed by atoms with E-state index in [9.17, 15) is 0 Å². The molecule has 0 saturated carbocycles. The highest BCUT2D eigenvalue weighted by Crippen LogP contribution is 2.30. The second-order valence-corrected chi connectivity index (χ2v) is 7.25. The fraction of sp³-hybridized carbons (Fsp3) is 0.133. The normalized spacial score (nSPS) is 10.9. The third-order valence-electron chi connectivity index (χ3n) is 2.98. The number of thiazole rings is 1. The summed E-state index contributed by atoms with van der Waals surface area (Å²) in [6.45, 7) is 0.807. The van der Waals surface area contributed by atoms with Crippen LogP contribution in [0.1, 0.15) is 5.56 Å². The molecule has 0 amide bonds. The maximum Gasteiger partial charge on any atom is 0.150 e. The molecule has 3 rings (SSSR count). The molecule has 0 radical (unpaired) electrons. The molecular weight excluding hydrogens is 352 g/mol. The van der Waals surface area contributed by atoms with Crippen LogP contribution in [-0.2, 0) is 6.54 Å². The second-order valence-electron chi connectivity index (χ2n) is 4.31. The lowest BCUT2D eigenvalue weighted by Crippen LogP contribution is -1.99. The number of rotatable bonds is 4. The molecule has 0 fully saturated rings. The van der Waals surface area contributed by atoms with Crippen LogP contribution in [0.5, 0.6) is 0 Å². The zero-order chi connectivity index (χ0) is 13.9. The lowest BCUT2D eigenvalue weighted by Gasteiger charge is -2.08. The van der Waals surface area contributed by atoms with Crippen molar-refractivity contribution < 1.29 is 0 Å². The molecule has 20 heavy (non-hydrogen) atoms. The summed E-state index contributed by atoms with van der Waals surface area (Å²) in [4.78, 5) is 4.55. The number of nitrogens with zero attached hydrogens (tertiary/aromatic N) is 1. The topological polar surface area (TPSA) is 24.9 Å². The van der Waals surface area contributed by atoms with Gasteiger partial charge in [0.25, 0.3) is 0 Å². The van der Waals surface area contributed by atoms with Gasteiger partial charge in [-0.3, -0.25) is 0 Å². The summed E-state index contributed by atoms with van der Waals surface area (Å²) in [7, 11) is 0. The zero-order valence-corrected chi connectivity index (χ0v) is 14.1. The third kappa shape index (κ3) is 3.00. The maximum atomic E-state index is 4.55. The van der Waals surface area contributed by atoms with Crippen molar-refractivity contribution in [1.29, 1.82) is 0 Å². The van der Waals surface area contributed by atoms with Crippen molar-refractivity contribution in [2.75, 3.05) is 11.6 Å². The van der Waals surface area contributed by atoms with Crippen LogP contribution in [0.4, 0.5) is 5.69 Å². The zero-order valence-electron chi connectivity index (χ0n) is 10.9. The minimum Gasteiger partial charge on any atom is -0.381 e. The minimum absolute atomic E-state index is 0.807. The van der Waals surface area contributed by atoms with Crippen LogP contribution in [0.15, 0.2) is 51.3 Å². The van der Waals surface area contributed by atoms with Crippen LogP contribution >= 0.6 is 39.0 Å². The van der Waals surface area contributed by atoms with Crippen molar-refractivity contribution in [1.82, 2.24) is 4.98 Å². The van der Waals surface area contributed by atoms with Crippen molar-refractivity contribution in [2.24, 2.45) is 0 Å². The molecule has 102 valence electrons. The number of anilines is 1. The molecule has 1 N–H and O–H groups in total. The molecule has 1 aromatic heterocycles. The number of halogens is 1. The number of hydrogen-bond acceptors (Lipinski definition) is 4. The molecule has 0 aliphatic carbocycles. The van der Waals surface area contributed by atoms with E-state index < -0.39 is 0 Å². The number of hydrogen-bond donors (Lipinski definition) is 1. The number of thioether (sulfide) groups is 1. The summed E-state index contributed by atoms with van der Waals surface area (Å²) >= 11 is 7.00. The Labute approximate surface area is 134 Å². The summed E-state index contributed by atoms with van der Waals surface area (Å²) in [6.07, 6.45) is 2.06. The van der Waals surface area contributed by atoms with Gasteiger partial charge in [0.05, 0.1) is 10.2 Å². The smallest absolute Gasteiger partial charge is 0.150 e. The molecule has 0 aliphatic heterocycles. The monoisotopic (exact) mass is 364 g/mol. The molecule has 0 saturated heterocycles. The Kier molecular flexibility index (Phi) is 4.29. The molecule has 0 spiro atoms.